The number of amides is 1. The molecular weight excluding hydrogens is 449 g/mol. The molecule has 3 heterocycles. The number of hydrogen-bond donors (Lipinski definition) is 1. The normalized spacial score (nSPS) is 28.0. The number of rotatable bonds is 5. The van der Waals surface area contributed by atoms with Gasteiger partial charge in [-0.05, 0) is 53.9 Å². The largest absolute Gasteiger partial charge is 0.493 e. The van der Waals surface area contributed by atoms with Crippen molar-refractivity contribution in [1.82, 2.24) is 9.80 Å². The molecule has 1 amide bonds. The smallest absolute Gasteiger partial charge is 0.406 e. The van der Waals surface area contributed by atoms with E-state index >= 15 is 0 Å². The van der Waals surface area contributed by atoms with Gasteiger partial charge in [-0.3, -0.25) is 9.69 Å². The standard InChI is InChI=1S/C25H35F3N2O4/c1-24(2,3)12-16-13-29-7-5-15-9-22(21(33-4)10-17(15)18(29)11-19(16)31)34-20-6-8-30(23(20)32)14-25(26,27)28/h9-10,16,18-20,31H,5-8,11-14H2,1-4H3/t16-,18-,19-,20?/m1/s1. The van der Waals surface area contributed by atoms with Gasteiger partial charge in [-0.2, -0.15) is 13.2 Å². The van der Waals surface area contributed by atoms with Gasteiger partial charge in [0.1, 0.15) is 6.54 Å². The fraction of sp³-hybridized carbons (Fsp3) is 0.720. The summed E-state index contributed by atoms with van der Waals surface area (Å²) in [7, 11) is 1.51. The Labute approximate surface area is 199 Å². The summed E-state index contributed by atoms with van der Waals surface area (Å²) < 4.78 is 49.7. The van der Waals surface area contributed by atoms with Crippen molar-refractivity contribution in [2.45, 2.75) is 70.9 Å². The van der Waals surface area contributed by atoms with Gasteiger partial charge in [0.05, 0.1) is 13.2 Å². The Hall–Kier alpha value is -2.00. The Kier molecular flexibility index (Phi) is 6.81. The molecular formula is C25H35F3N2O4. The molecule has 2 saturated heterocycles. The number of carbonyl (C=O) groups is 1. The molecule has 4 rings (SSSR count). The fourth-order valence-electron chi connectivity index (χ4n) is 5.68. The highest BCUT2D eigenvalue weighted by atomic mass is 19.4. The molecule has 1 N–H and O–H groups in total. The monoisotopic (exact) mass is 484 g/mol. The second-order valence-corrected chi connectivity index (χ2v) is 11.1. The van der Waals surface area contributed by atoms with Crippen molar-refractivity contribution in [2.24, 2.45) is 11.3 Å². The molecule has 0 aromatic heterocycles. The van der Waals surface area contributed by atoms with Crippen molar-refractivity contribution in [3.63, 3.8) is 0 Å². The van der Waals surface area contributed by atoms with E-state index in [1.165, 1.54) is 7.11 Å². The zero-order chi connectivity index (χ0) is 24.8. The topological polar surface area (TPSA) is 62.2 Å². The zero-order valence-corrected chi connectivity index (χ0v) is 20.3. The Bertz CT molecular complexity index is 915. The molecule has 1 aromatic carbocycles. The SMILES string of the molecule is COc1cc2c(cc1OC1CCN(CC(F)(F)F)C1=O)CCN1C[C@@H](CC(C)(C)C)[C@H](O)C[C@H]21. The number of alkyl halides is 3. The van der Waals surface area contributed by atoms with Gasteiger partial charge in [0.25, 0.3) is 5.91 Å². The lowest BCUT2D eigenvalue weighted by Crippen LogP contribution is -2.48. The molecule has 0 spiro atoms. The average Bonchev–Trinajstić information content (AvgIpc) is 3.05. The highest BCUT2D eigenvalue weighted by Gasteiger charge is 2.42. The number of hydrogen-bond acceptors (Lipinski definition) is 5. The zero-order valence-electron chi connectivity index (χ0n) is 20.3. The minimum absolute atomic E-state index is 0.0148. The molecule has 3 aliphatic heterocycles. The first-order valence-corrected chi connectivity index (χ1v) is 12.0. The number of likely N-dealkylation sites (tertiary alicyclic amines) is 1. The summed E-state index contributed by atoms with van der Waals surface area (Å²) in [5, 5.41) is 10.9. The van der Waals surface area contributed by atoms with E-state index in [4.69, 9.17) is 9.47 Å². The molecule has 0 saturated carbocycles. The summed E-state index contributed by atoms with van der Waals surface area (Å²) in [5.74, 6) is 0.414. The fourth-order valence-corrected chi connectivity index (χ4v) is 5.68. The molecule has 9 heteroatoms. The quantitative estimate of drug-likeness (QED) is 0.686. The third-order valence-electron chi connectivity index (χ3n) is 7.13. The summed E-state index contributed by atoms with van der Waals surface area (Å²) in [6.45, 7) is 7.04. The lowest BCUT2D eigenvalue weighted by Gasteiger charge is -2.47. The van der Waals surface area contributed by atoms with E-state index in [2.05, 4.69) is 25.7 Å². The predicted molar refractivity (Wildman–Crippen MR) is 121 cm³/mol. The first-order valence-electron chi connectivity index (χ1n) is 12.0. The minimum Gasteiger partial charge on any atom is -0.493 e. The number of halogens is 3. The Morgan fingerprint density at radius 2 is 1.88 bits per heavy atom. The summed E-state index contributed by atoms with van der Waals surface area (Å²) in [6, 6.07) is 3.85. The van der Waals surface area contributed by atoms with Crippen LogP contribution >= 0.6 is 0 Å². The van der Waals surface area contributed by atoms with E-state index in [1.54, 1.807) is 0 Å². The van der Waals surface area contributed by atoms with Crippen molar-refractivity contribution in [3.8, 4) is 11.5 Å². The molecule has 0 radical (unpaired) electrons. The summed E-state index contributed by atoms with van der Waals surface area (Å²) in [5.41, 5.74) is 2.30. The number of fused-ring (bicyclic) bond motifs is 3. The maximum Gasteiger partial charge on any atom is 0.406 e. The molecule has 3 aliphatic rings. The predicted octanol–water partition coefficient (Wildman–Crippen LogP) is 3.95. The van der Waals surface area contributed by atoms with Crippen LogP contribution in [0.2, 0.25) is 0 Å². The molecule has 34 heavy (non-hydrogen) atoms. The Balaban J connectivity index is 1.51. The van der Waals surface area contributed by atoms with Gasteiger partial charge in [-0.15, -0.1) is 0 Å². The maximum absolute atomic E-state index is 12.7. The van der Waals surface area contributed by atoms with Crippen molar-refractivity contribution in [2.75, 3.05) is 33.3 Å². The Morgan fingerprint density at radius 1 is 1.15 bits per heavy atom. The Morgan fingerprint density at radius 3 is 2.53 bits per heavy atom. The van der Waals surface area contributed by atoms with E-state index in [-0.39, 0.29) is 36.4 Å². The van der Waals surface area contributed by atoms with Gasteiger partial charge in [-0.25, -0.2) is 0 Å². The van der Waals surface area contributed by atoms with E-state index < -0.39 is 24.7 Å². The summed E-state index contributed by atoms with van der Waals surface area (Å²) in [4.78, 5) is 15.7. The van der Waals surface area contributed by atoms with E-state index in [1.807, 2.05) is 12.1 Å². The van der Waals surface area contributed by atoms with Gasteiger partial charge in [0.2, 0.25) is 0 Å². The number of aliphatic hydroxyl groups excluding tert-OH is 1. The van der Waals surface area contributed by atoms with Crippen LogP contribution in [-0.2, 0) is 11.2 Å². The average molecular weight is 485 g/mol. The number of aliphatic hydroxyl groups is 1. The number of ether oxygens (including phenoxy) is 2. The van der Waals surface area contributed by atoms with E-state index in [0.29, 0.717) is 17.9 Å². The van der Waals surface area contributed by atoms with Crippen molar-refractivity contribution >= 4 is 5.91 Å². The van der Waals surface area contributed by atoms with Crippen LogP contribution in [-0.4, -0.2) is 72.5 Å². The van der Waals surface area contributed by atoms with Gasteiger partial charge >= 0.3 is 6.18 Å². The second-order valence-electron chi connectivity index (χ2n) is 11.1. The van der Waals surface area contributed by atoms with Crippen LogP contribution in [0.3, 0.4) is 0 Å². The summed E-state index contributed by atoms with van der Waals surface area (Å²) >= 11 is 0. The van der Waals surface area contributed by atoms with Gasteiger partial charge in [0, 0.05) is 32.1 Å². The molecule has 0 bridgehead atoms. The van der Waals surface area contributed by atoms with Crippen molar-refractivity contribution in [1.29, 1.82) is 0 Å². The van der Waals surface area contributed by atoms with Crippen molar-refractivity contribution in [3.05, 3.63) is 23.3 Å². The molecule has 1 aromatic rings. The van der Waals surface area contributed by atoms with Gasteiger partial charge < -0.3 is 19.5 Å². The maximum atomic E-state index is 12.7. The van der Waals surface area contributed by atoms with Crippen LogP contribution in [0.25, 0.3) is 0 Å². The van der Waals surface area contributed by atoms with E-state index in [9.17, 15) is 23.1 Å². The second kappa shape index (κ2) is 9.22. The number of benzene rings is 1. The molecule has 0 aliphatic carbocycles. The molecule has 1 unspecified atom stereocenters. The first-order chi connectivity index (χ1) is 15.8. The number of carbonyl (C=O) groups excluding carboxylic acids is 1. The van der Waals surface area contributed by atoms with Crippen LogP contribution < -0.4 is 9.47 Å². The van der Waals surface area contributed by atoms with Crippen molar-refractivity contribution < 1.29 is 32.5 Å². The number of methoxy groups -OCH3 is 1. The molecule has 2 fully saturated rings. The highest BCUT2D eigenvalue weighted by molar-refractivity contribution is 5.83. The number of nitrogens with zero attached hydrogens (tertiary/aromatic N) is 2. The minimum atomic E-state index is -4.43. The first kappa shape index (κ1) is 25.1. The van der Waals surface area contributed by atoms with Crippen LogP contribution in [0.1, 0.15) is 57.2 Å². The summed E-state index contributed by atoms with van der Waals surface area (Å²) in [6.07, 6.45) is -3.17. The van der Waals surface area contributed by atoms with Gasteiger partial charge in [-0.1, -0.05) is 20.8 Å². The van der Waals surface area contributed by atoms with Crippen LogP contribution in [0.15, 0.2) is 12.1 Å². The van der Waals surface area contributed by atoms with Crippen LogP contribution in [0.4, 0.5) is 13.2 Å². The molecule has 6 nitrogen and oxygen atoms in total. The number of piperidine rings is 1. The third kappa shape index (κ3) is 5.46. The lowest BCUT2D eigenvalue weighted by molar-refractivity contribution is -0.159. The molecule has 4 atom stereocenters. The molecule has 190 valence electrons. The third-order valence-corrected chi connectivity index (χ3v) is 7.13. The highest BCUT2D eigenvalue weighted by Crippen LogP contribution is 2.45. The van der Waals surface area contributed by atoms with Gasteiger partial charge in [0.15, 0.2) is 17.6 Å². The van der Waals surface area contributed by atoms with Crippen LogP contribution in [0.5, 0.6) is 11.5 Å². The van der Waals surface area contributed by atoms with E-state index in [0.717, 1.165) is 42.0 Å². The van der Waals surface area contributed by atoms with Crippen LogP contribution in [0, 0.1) is 11.3 Å². The lowest BCUT2D eigenvalue weighted by atomic mass is 9.75.